The Morgan fingerprint density at radius 2 is 1.33 bits per heavy atom. The van der Waals surface area contributed by atoms with Crippen molar-refractivity contribution in [1.82, 2.24) is 0 Å². The fraction of sp³-hybridized carbons (Fsp3) is 0.600. The van der Waals surface area contributed by atoms with Gasteiger partial charge in [0.15, 0.2) is 0 Å². The van der Waals surface area contributed by atoms with Gasteiger partial charge < -0.3 is 10.2 Å². The summed E-state index contributed by atoms with van der Waals surface area (Å²) in [7, 11) is 0. The molecule has 0 aromatic carbocycles. The molecule has 0 radical (unpaired) electrons. The maximum atomic E-state index is 9.00. The minimum absolute atomic E-state index is 0.219. The molecule has 2 nitrogen and oxygen atoms in total. The van der Waals surface area contributed by atoms with Crippen LogP contribution >= 0.6 is 34.9 Å². The molecule has 2 heterocycles. The summed E-state index contributed by atoms with van der Waals surface area (Å²) in [5.41, 5.74) is 0. The first-order valence-corrected chi connectivity index (χ1v) is 7.77. The monoisotopic (exact) mass is 262 g/mol. The smallest absolute Gasteiger partial charge is 0.0479 e. The lowest BCUT2D eigenvalue weighted by Gasteiger charge is -2.12. The second kappa shape index (κ2) is 5.59. The lowest BCUT2D eigenvalue weighted by molar-refractivity contribution is 0.299. The minimum Gasteiger partial charge on any atom is -0.396 e. The van der Waals surface area contributed by atoms with E-state index in [1.54, 1.807) is 11.3 Å². The molecule has 84 valence electrons. The van der Waals surface area contributed by atoms with E-state index < -0.39 is 0 Å². The van der Waals surface area contributed by atoms with Crippen molar-refractivity contribution in [3.8, 4) is 0 Å². The first-order valence-electron chi connectivity index (χ1n) is 4.98. The van der Waals surface area contributed by atoms with Crippen LogP contribution in [-0.4, -0.2) is 34.9 Å². The molecular formula is C10H14O2S3. The number of aliphatic hydroxyl groups is 2. The van der Waals surface area contributed by atoms with Crippen LogP contribution in [0.1, 0.15) is 9.75 Å². The summed E-state index contributed by atoms with van der Waals surface area (Å²) in [5.74, 6) is 2.32. The van der Waals surface area contributed by atoms with Crippen molar-refractivity contribution >= 4 is 34.9 Å². The minimum atomic E-state index is 0.219. The number of thioether (sulfide) groups is 2. The molecule has 2 rings (SSSR count). The highest BCUT2D eigenvalue weighted by molar-refractivity contribution is 8.06. The molecule has 0 saturated carbocycles. The Kier molecular flexibility index (Phi) is 4.40. The molecule has 15 heavy (non-hydrogen) atoms. The summed E-state index contributed by atoms with van der Waals surface area (Å²) >= 11 is 5.56. The van der Waals surface area contributed by atoms with Gasteiger partial charge in [-0.3, -0.25) is 0 Å². The van der Waals surface area contributed by atoms with Crippen molar-refractivity contribution in [2.75, 3.05) is 24.7 Å². The van der Waals surface area contributed by atoms with Crippen LogP contribution in [0.5, 0.6) is 0 Å². The Bertz CT molecular complexity index is 305. The van der Waals surface area contributed by atoms with Crippen LogP contribution in [0.15, 0.2) is 9.79 Å². The van der Waals surface area contributed by atoms with Crippen LogP contribution < -0.4 is 0 Å². The number of aliphatic hydroxyl groups excluding tert-OH is 2. The molecule has 0 saturated heterocycles. The van der Waals surface area contributed by atoms with Crippen molar-refractivity contribution in [1.29, 1.82) is 0 Å². The zero-order valence-electron chi connectivity index (χ0n) is 8.36. The molecule has 0 amide bonds. The molecule has 1 aliphatic heterocycles. The van der Waals surface area contributed by atoms with Gasteiger partial charge in [0, 0.05) is 57.1 Å². The highest BCUT2D eigenvalue weighted by Gasteiger charge is 2.21. The molecule has 0 unspecified atom stereocenters. The predicted octanol–water partition coefficient (Wildman–Crippen LogP) is 2.02. The van der Waals surface area contributed by atoms with E-state index in [9.17, 15) is 0 Å². The molecule has 1 aliphatic rings. The summed E-state index contributed by atoms with van der Waals surface area (Å²) < 4.78 is 0. The van der Waals surface area contributed by atoms with Crippen molar-refractivity contribution in [3.63, 3.8) is 0 Å². The van der Waals surface area contributed by atoms with Gasteiger partial charge in [-0.15, -0.1) is 34.9 Å². The molecule has 5 heteroatoms. The van der Waals surface area contributed by atoms with Gasteiger partial charge in [-0.05, 0) is 0 Å². The average molecular weight is 262 g/mol. The van der Waals surface area contributed by atoms with Crippen LogP contribution in [0, 0.1) is 0 Å². The molecule has 2 N–H and O–H groups in total. The first kappa shape index (κ1) is 11.8. The third-order valence-corrected chi connectivity index (χ3v) is 6.46. The lowest BCUT2D eigenvalue weighted by Crippen LogP contribution is -1.97. The van der Waals surface area contributed by atoms with Crippen LogP contribution in [0.3, 0.4) is 0 Å². The van der Waals surface area contributed by atoms with Crippen molar-refractivity contribution in [2.24, 2.45) is 0 Å². The molecule has 0 aliphatic carbocycles. The molecule has 0 fully saturated rings. The van der Waals surface area contributed by atoms with E-state index in [0.717, 1.165) is 24.3 Å². The number of hydrogen-bond donors (Lipinski definition) is 2. The fourth-order valence-corrected chi connectivity index (χ4v) is 5.88. The van der Waals surface area contributed by atoms with E-state index in [0.29, 0.717) is 0 Å². The number of hydrogen-bond acceptors (Lipinski definition) is 5. The summed E-state index contributed by atoms with van der Waals surface area (Å²) in [6.07, 6.45) is 1.51. The zero-order chi connectivity index (χ0) is 10.7. The Labute approximate surface area is 102 Å². The van der Waals surface area contributed by atoms with Gasteiger partial charge in [0.05, 0.1) is 0 Å². The normalized spacial score (nSPS) is 15.3. The Morgan fingerprint density at radius 3 is 1.73 bits per heavy atom. The van der Waals surface area contributed by atoms with Gasteiger partial charge in [0.25, 0.3) is 0 Å². The van der Waals surface area contributed by atoms with Crippen molar-refractivity contribution < 1.29 is 10.2 Å². The second-order valence-corrected chi connectivity index (χ2v) is 6.65. The number of rotatable bonds is 4. The maximum absolute atomic E-state index is 9.00. The van der Waals surface area contributed by atoms with Gasteiger partial charge in [-0.1, -0.05) is 0 Å². The Balaban J connectivity index is 2.31. The van der Waals surface area contributed by atoms with Crippen LogP contribution in [-0.2, 0) is 12.8 Å². The van der Waals surface area contributed by atoms with E-state index in [1.165, 1.54) is 19.5 Å². The van der Waals surface area contributed by atoms with E-state index in [2.05, 4.69) is 0 Å². The fourth-order valence-electron chi connectivity index (χ4n) is 1.61. The molecule has 0 bridgehead atoms. The molecule has 1 aromatic rings. The van der Waals surface area contributed by atoms with Crippen LogP contribution in [0.4, 0.5) is 0 Å². The number of fused-ring (bicyclic) bond motifs is 1. The summed E-state index contributed by atoms with van der Waals surface area (Å²) in [5, 5.41) is 18.0. The topological polar surface area (TPSA) is 40.5 Å². The summed E-state index contributed by atoms with van der Waals surface area (Å²) in [4.78, 5) is 5.34. The van der Waals surface area contributed by atoms with Crippen molar-refractivity contribution in [3.05, 3.63) is 9.75 Å². The first-order chi connectivity index (χ1) is 7.36. The molecular weight excluding hydrogens is 248 g/mol. The standard InChI is InChI=1S/C10H14O2S3/c11-3-1-7-9-10(14-6-5-13-9)8(15-7)2-4-12/h11-12H,1-6H2. The molecule has 0 spiro atoms. The van der Waals surface area contributed by atoms with Gasteiger partial charge in [-0.25, -0.2) is 0 Å². The Morgan fingerprint density at radius 1 is 0.867 bits per heavy atom. The van der Waals surface area contributed by atoms with Crippen molar-refractivity contribution in [2.45, 2.75) is 22.6 Å². The van der Waals surface area contributed by atoms with E-state index in [1.807, 2.05) is 23.5 Å². The van der Waals surface area contributed by atoms with Crippen LogP contribution in [0.25, 0.3) is 0 Å². The van der Waals surface area contributed by atoms with E-state index in [-0.39, 0.29) is 13.2 Å². The molecule has 0 atom stereocenters. The van der Waals surface area contributed by atoms with E-state index >= 15 is 0 Å². The zero-order valence-corrected chi connectivity index (χ0v) is 10.8. The predicted molar refractivity (Wildman–Crippen MR) is 67.3 cm³/mol. The maximum Gasteiger partial charge on any atom is 0.0479 e. The van der Waals surface area contributed by atoms with Gasteiger partial charge in [-0.2, -0.15) is 0 Å². The average Bonchev–Trinajstić information content (AvgIpc) is 2.59. The molecule has 1 aromatic heterocycles. The summed E-state index contributed by atoms with van der Waals surface area (Å²) in [6.45, 7) is 0.438. The summed E-state index contributed by atoms with van der Waals surface area (Å²) in [6, 6.07) is 0. The van der Waals surface area contributed by atoms with Crippen LogP contribution in [0.2, 0.25) is 0 Å². The third kappa shape index (κ3) is 2.53. The Hall–Kier alpha value is 0.320. The second-order valence-electron chi connectivity index (χ2n) is 3.25. The third-order valence-electron chi connectivity index (χ3n) is 2.21. The van der Waals surface area contributed by atoms with Gasteiger partial charge in [0.1, 0.15) is 0 Å². The highest BCUT2D eigenvalue weighted by Crippen LogP contribution is 2.46. The van der Waals surface area contributed by atoms with Gasteiger partial charge in [0.2, 0.25) is 0 Å². The highest BCUT2D eigenvalue weighted by atomic mass is 32.2. The largest absolute Gasteiger partial charge is 0.396 e. The number of thiophene rings is 1. The van der Waals surface area contributed by atoms with E-state index in [4.69, 9.17) is 10.2 Å². The van der Waals surface area contributed by atoms with Gasteiger partial charge >= 0.3 is 0 Å². The SMILES string of the molecule is OCCc1sc(CCO)c2c1SCCS2. The quantitative estimate of drug-likeness (QED) is 0.871. The lowest BCUT2D eigenvalue weighted by atomic mass is 10.3.